The first kappa shape index (κ1) is 22.4. The molecule has 1 unspecified atom stereocenters. The van der Waals surface area contributed by atoms with Crippen molar-refractivity contribution in [1.82, 2.24) is 0 Å². The number of benzene rings is 2. The van der Waals surface area contributed by atoms with Gasteiger partial charge >= 0.3 is 5.97 Å². The fourth-order valence-electron chi connectivity index (χ4n) is 3.35. The Balaban J connectivity index is 2.37. The van der Waals surface area contributed by atoms with Crippen LogP contribution in [0, 0.1) is 16.2 Å². The molecule has 2 rings (SSSR count). The number of rotatable bonds is 4. The standard InChI is InChI=1S/C22H30O5S/c1-20(2,3)14-22(7,21(4,5)6)19(23)27-17-10-8-16-13-18(28(24,25)26)11-9-15(16)12-17/h8-13H,14H2,1-7H3,(H,24,25,26). The van der Waals surface area contributed by atoms with Crippen LogP contribution < -0.4 is 4.74 Å². The van der Waals surface area contributed by atoms with E-state index in [1.165, 1.54) is 12.1 Å². The predicted octanol–water partition coefficient (Wildman–Crippen LogP) is 5.48. The maximum absolute atomic E-state index is 13.1. The summed E-state index contributed by atoms with van der Waals surface area (Å²) >= 11 is 0. The number of hydrogen-bond acceptors (Lipinski definition) is 4. The Bertz CT molecular complexity index is 994. The molecule has 0 amide bonds. The normalized spacial score (nSPS) is 15.3. The second-order valence-electron chi connectivity index (χ2n) is 9.85. The van der Waals surface area contributed by atoms with Gasteiger partial charge in [-0.2, -0.15) is 8.42 Å². The summed E-state index contributed by atoms with van der Waals surface area (Å²) in [7, 11) is -4.26. The highest BCUT2D eigenvalue weighted by Gasteiger charge is 2.47. The second-order valence-corrected chi connectivity index (χ2v) is 11.3. The summed E-state index contributed by atoms with van der Waals surface area (Å²) in [5, 5.41) is 1.34. The molecule has 28 heavy (non-hydrogen) atoms. The lowest BCUT2D eigenvalue weighted by Crippen LogP contribution is -2.45. The number of fused-ring (bicyclic) bond motifs is 1. The Morgan fingerprint density at radius 1 is 0.929 bits per heavy atom. The van der Waals surface area contributed by atoms with Gasteiger partial charge in [-0.15, -0.1) is 0 Å². The van der Waals surface area contributed by atoms with E-state index in [1.54, 1.807) is 24.3 Å². The summed E-state index contributed by atoms with van der Waals surface area (Å²) in [6, 6.07) is 9.28. The molecule has 2 aromatic rings. The summed E-state index contributed by atoms with van der Waals surface area (Å²) in [5.41, 5.74) is -1.02. The maximum atomic E-state index is 13.1. The van der Waals surface area contributed by atoms with E-state index in [2.05, 4.69) is 20.8 Å². The van der Waals surface area contributed by atoms with E-state index in [0.717, 1.165) is 0 Å². The molecule has 1 atom stereocenters. The zero-order chi connectivity index (χ0) is 21.5. The lowest BCUT2D eigenvalue weighted by molar-refractivity contribution is -0.154. The molecular weight excluding hydrogens is 376 g/mol. The quantitative estimate of drug-likeness (QED) is 0.413. The minimum Gasteiger partial charge on any atom is -0.426 e. The number of carbonyl (C=O) groups excluding carboxylic acids is 1. The molecule has 0 heterocycles. The van der Waals surface area contributed by atoms with E-state index in [9.17, 15) is 17.8 Å². The molecule has 1 N–H and O–H groups in total. The summed E-state index contributed by atoms with van der Waals surface area (Å²) in [5.74, 6) is 0.116. The molecule has 0 saturated carbocycles. The molecule has 0 bridgehead atoms. The number of esters is 1. The van der Waals surface area contributed by atoms with Crippen molar-refractivity contribution in [3.63, 3.8) is 0 Å². The van der Waals surface area contributed by atoms with Crippen LogP contribution in [0.4, 0.5) is 0 Å². The van der Waals surface area contributed by atoms with Crippen LogP contribution >= 0.6 is 0 Å². The summed E-state index contributed by atoms with van der Waals surface area (Å²) < 4.78 is 37.5. The topological polar surface area (TPSA) is 80.7 Å². The van der Waals surface area contributed by atoms with E-state index >= 15 is 0 Å². The first-order valence-electron chi connectivity index (χ1n) is 9.27. The molecule has 6 heteroatoms. The molecule has 0 aromatic heterocycles. The average Bonchev–Trinajstić information content (AvgIpc) is 2.50. The Morgan fingerprint density at radius 3 is 1.96 bits per heavy atom. The van der Waals surface area contributed by atoms with E-state index in [1.807, 2.05) is 27.7 Å². The molecule has 0 fully saturated rings. The van der Waals surface area contributed by atoms with Crippen molar-refractivity contribution in [1.29, 1.82) is 0 Å². The van der Waals surface area contributed by atoms with Crippen LogP contribution in [-0.2, 0) is 14.9 Å². The van der Waals surface area contributed by atoms with Gasteiger partial charge in [0.2, 0.25) is 0 Å². The highest BCUT2D eigenvalue weighted by atomic mass is 32.2. The predicted molar refractivity (Wildman–Crippen MR) is 111 cm³/mol. The SMILES string of the molecule is CC(C)(C)CC(C)(C(=O)Oc1ccc2cc(S(=O)(=O)O)ccc2c1)C(C)(C)C. The van der Waals surface area contributed by atoms with Crippen LogP contribution in [-0.4, -0.2) is 18.9 Å². The van der Waals surface area contributed by atoms with E-state index in [0.29, 0.717) is 22.9 Å². The van der Waals surface area contributed by atoms with Crippen LogP contribution in [0.15, 0.2) is 41.3 Å². The van der Waals surface area contributed by atoms with Gasteiger partial charge in [-0.1, -0.05) is 53.7 Å². The highest BCUT2D eigenvalue weighted by Crippen LogP contribution is 2.47. The van der Waals surface area contributed by atoms with Crippen molar-refractivity contribution in [2.24, 2.45) is 16.2 Å². The molecule has 0 spiro atoms. The number of hydrogen-bond donors (Lipinski definition) is 1. The van der Waals surface area contributed by atoms with Crippen molar-refractivity contribution in [3.05, 3.63) is 36.4 Å². The average molecular weight is 407 g/mol. The Hall–Kier alpha value is -1.92. The van der Waals surface area contributed by atoms with Crippen molar-refractivity contribution >= 4 is 26.9 Å². The van der Waals surface area contributed by atoms with Crippen LogP contribution in [0.2, 0.25) is 0 Å². The number of carbonyl (C=O) groups is 1. The zero-order valence-corrected chi connectivity index (χ0v) is 18.5. The van der Waals surface area contributed by atoms with E-state index < -0.39 is 15.5 Å². The zero-order valence-electron chi connectivity index (χ0n) is 17.7. The van der Waals surface area contributed by atoms with E-state index in [-0.39, 0.29) is 21.7 Å². The minimum absolute atomic E-state index is 0.0450. The van der Waals surface area contributed by atoms with Crippen LogP contribution in [0.1, 0.15) is 54.9 Å². The molecular formula is C22H30O5S. The Kier molecular flexibility index (Phi) is 5.72. The molecule has 0 aliphatic carbocycles. The fourth-order valence-corrected chi connectivity index (χ4v) is 3.87. The van der Waals surface area contributed by atoms with Gasteiger partial charge in [0.25, 0.3) is 10.1 Å². The van der Waals surface area contributed by atoms with Gasteiger partial charge in [-0.3, -0.25) is 9.35 Å². The smallest absolute Gasteiger partial charge is 0.317 e. The van der Waals surface area contributed by atoms with Crippen molar-refractivity contribution < 1.29 is 22.5 Å². The first-order chi connectivity index (χ1) is 12.5. The first-order valence-corrected chi connectivity index (χ1v) is 10.7. The van der Waals surface area contributed by atoms with Gasteiger partial charge in [0.1, 0.15) is 5.75 Å². The van der Waals surface area contributed by atoms with Crippen molar-refractivity contribution in [2.75, 3.05) is 0 Å². The van der Waals surface area contributed by atoms with Gasteiger partial charge in [-0.05, 0) is 59.2 Å². The maximum Gasteiger partial charge on any atom is 0.317 e. The third kappa shape index (κ3) is 4.92. The van der Waals surface area contributed by atoms with Crippen LogP contribution in [0.25, 0.3) is 10.8 Å². The van der Waals surface area contributed by atoms with E-state index in [4.69, 9.17) is 4.74 Å². The fraction of sp³-hybridized carbons (Fsp3) is 0.500. The van der Waals surface area contributed by atoms with Crippen LogP contribution in [0.3, 0.4) is 0 Å². The molecule has 0 radical (unpaired) electrons. The highest BCUT2D eigenvalue weighted by molar-refractivity contribution is 7.85. The number of ether oxygens (including phenoxy) is 1. The molecule has 0 aliphatic rings. The molecule has 0 aliphatic heterocycles. The molecule has 5 nitrogen and oxygen atoms in total. The van der Waals surface area contributed by atoms with Gasteiger partial charge in [0.15, 0.2) is 0 Å². The summed E-state index contributed by atoms with van der Waals surface area (Å²) in [6.45, 7) is 14.4. The Labute approximate surface area is 167 Å². The third-order valence-corrected chi connectivity index (χ3v) is 6.13. The second kappa shape index (κ2) is 7.16. The van der Waals surface area contributed by atoms with Crippen LogP contribution in [0.5, 0.6) is 5.75 Å². The minimum atomic E-state index is -4.26. The largest absolute Gasteiger partial charge is 0.426 e. The van der Waals surface area contributed by atoms with Gasteiger partial charge in [0.05, 0.1) is 10.3 Å². The molecule has 2 aromatic carbocycles. The molecule has 154 valence electrons. The van der Waals surface area contributed by atoms with Gasteiger partial charge < -0.3 is 4.74 Å². The summed E-state index contributed by atoms with van der Waals surface area (Å²) in [6.07, 6.45) is 0.674. The lowest BCUT2D eigenvalue weighted by Gasteiger charge is -2.43. The van der Waals surface area contributed by atoms with Crippen molar-refractivity contribution in [3.8, 4) is 5.75 Å². The van der Waals surface area contributed by atoms with Gasteiger partial charge in [0, 0.05) is 0 Å². The van der Waals surface area contributed by atoms with Crippen molar-refractivity contribution in [2.45, 2.75) is 59.8 Å². The molecule has 0 saturated heterocycles. The lowest BCUT2D eigenvalue weighted by atomic mass is 9.61. The van der Waals surface area contributed by atoms with Gasteiger partial charge in [-0.25, -0.2) is 0 Å². The summed E-state index contributed by atoms with van der Waals surface area (Å²) in [4.78, 5) is 13.0. The monoisotopic (exact) mass is 406 g/mol. The Morgan fingerprint density at radius 2 is 1.46 bits per heavy atom. The third-order valence-electron chi connectivity index (χ3n) is 5.28.